The van der Waals surface area contributed by atoms with E-state index in [1.807, 2.05) is 0 Å². The first-order valence-electron chi connectivity index (χ1n) is 6.70. The van der Waals surface area contributed by atoms with Crippen LogP contribution in [0.1, 0.15) is 17.6 Å². The van der Waals surface area contributed by atoms with Crippen LogP contribution in [0.4, 0.5) is 0 Å². The second-order valence-electron chi connectivity index (χ2n) is 4.91. The standard InChI is InChI=1S/C13H15N3O4S2/c1-9-14-10(7-12(17)15-9)11-8-16(4-5-20-11)22(18,19)13-3-2-6-21-13/h2-3,6-7,11H,4-5,8H2,1H3,(H,14,15,17). The van der Waals surface area contributed by atoms with Crippen molar-refractivity contribution in [1.82, 2.24) is 14.3 Å². The molecule has 1 saturated heterocycles. The van der Waals surface area contributed by atoms with Crippen LogP contribution in [0.15, 0.2) is 32.6 Å². The number of hydrogen-bond donors (Lipinski definition) is 1. The maximum absolute atomic E-state index is 12.6. The van der Waals surface area contributed by atoms with Crippen molar-refractivity contribution in [3.8, 4) is 0 Å². The molecule has 2 aromatic rings. The van der Waals surface area contributed by atoms with E-state index in [4.69, 9.17) is 4.74 Å². The third kappa shape index (κ3) is 2.98. The van der Waals surface area contributed by atoms with Gasteiger partial charge in [-0.2, -0.15) is 4.31 Å². The fraction of sp³-hybridized carbons (Fsp3) is 0.385. The van der Waals surface area contributed by atoms with E-state index in [1.54, 1.807) is 24.4 Å². The highest BCUT2D eigenvalue weighted by Crippen LogP contribution is 2.27. The SMILES string of the molecule is Cc1nc(C2CN(S(=O)(=O)c3cccs3)CCO2)cc(=O)[nH]1. The quantitative estimate of drug-likeness (QED) is 0.895. The van der Waals surface area contributed by atoms with Crippen molar-refractivity contribution in [1.29, 1.82) is 0 Å². The second-order valence-corrected chi connectivity index (χ2v) is 8.02. The summed E-state index contributed by atoms with van der Waals surface area (Å²) >= 11 is 1.18. The summed E-state index contributed by atoms with van der Waals surface area (Å²) in [7, 11) is -3.52. The fourth-order valence-electron chi connectivity index (χ4n) is 2.33. The molecule has 1 aliphatic heterocycles. The number of aryl methyl sites for hydroxylation is 1. The largest absolute Gasteiger partial charge is 0.369 e. The fourth-order valence-corrected chi connectivity index (χ4v) is 4.90. The Bertz CT molecular complexity index is 814. The highest BCUT2D eigenvalue weighted by molar-refractivity contribution is 7.91. The molecule has 0 bridgehead atoms. The van der Waals surface area contributed by atoms with Crippen LogP contribution in [0.2, 0.25) is 0 Å². The molecule has 0 amide bonds. The number of aromatic nitrogens is 2. The van der Waals surface area contributed by atoms with Crippen LogP contribution in [-0.4, -0.2) is 42.4 Å². The molecule has 9 heteroatoms. The Morgan fingerprint density at radius 2 is 2.32 bits per heavy atom. The number of morpholine rings is 1. The minimum Gasteiger partial charge on any atom is -0.369 e. The van der Waals surface area contributed by atoms with Crippen LogP contribution in [0.3, 0.4) is 0 Å². The van der Waals surface area contributed by atoms with Crippen molar-refractivity contribution in [2.75, 3.05) is 19.7 Å². The van der Waals surface area contributed by atoms with Gasteiger partial charge in [-0.1, -0.05) is 6.07 Å². The van der Waals surface area contributed by atoms with Crippen molar-refractivity contribution >= 4 is 21.4 Å². The van der Waals surface area contributed by atoms with Gasteiger partial charge in [0.15, 0.2) is 0 Å². The summed E-state index contributed by atoms with van der Waals surface area (Å²) in [5.74, 6) is 0.476. The van der Waals surface area contributed by atoms with Gasteiger partial charge in [0.1, 0.15) is 16.1 Å². The van der Waals surface area contributed by atoms with Gasteiger partial charge in [-0.15, -0.1) is 11.3 Å². The third-order valence-electron chi connectivity index (χ3n) is 3.33. The van der Waals surface area contributed by atoms with Crippen LogP contribution in [-0.2, 0) is 14.8 Å². The van der Waals surface area contributed by atoms with Gasteiger partial charge in [0.2, 0.25) is 0 Å². The Morgan fingerprint density at radius 3 is 3.00 bits per heavy atom. The average Bonchev–Trinajstić information content (AvgIpc) is 3.01. The number of hydrogen-bond acceptors (Lipinski definition) is 6. The molecule has 1 aliphatic rings. The van der Waals surface area contributed by atoms with Crippen molar-refractivity contribution in [2.24, 2.45) is 0 Å². The van der Waals surface area contributed by atoms with Crippen LogP contribution < -0.4 is 5.56 Å². The predicted molar refractivity (Wildman–Crippen MR) is 81.4 cm³/mol. The zero-order chi connectivity index (χ0) is 15.7. The Labute approximate surface area is 131 Å². The monoisotopic (exact) mass is 341 g/mol. The van der Waals surface area contributed by atoms with Gasteiger partial charge in [-0.25, -0.2) is 13.4 Å². The summed E-state index contributed by atoms with van der Waals surface area (Å²) in [5.41, 5.74) is 0.177. The zero-order valence-electron chi connectivity index (χ0n) is 11.9. The summed E-state index contributed by atoms with van der Waals surface area (Å²) < 4.78 is 32.4. The molecule has 1 atom stereocenters. The first-order chi connectivity index (χ1) is 10.5. The molecule has 1 fully saturated rings. The number of ether oxygens (including phenoxy) is 1. The summed E-state index contributed by atoms with van der Waals surface area (Å²) in [4.78, 5) is 18.3. The van der Waals surface area contributed by atoms with Crippen molar-refractivity contribution < 1.29 is 13.2 Å². The molecule has 3 heterocycles. The van der Waals surface area contributed by atoms with E-state index in [0.29, 0.717) is 22.3 Å². The van der Waals surface area contributed by atoms with Crippen molar-refractivity contribution in [2.45, 2.75) is 17.2 Å². The highest BCUT2D eigenvalue weighted by atomic mass is 32.2. The lowest BCUT2D eigenvalue weighted by Crippen LogP contribution is -2.42. The van der Waals surface area contributed by atoms with E-state index in [1.165, 1.54) is 21.7 Å². The molecule has 0 aromatic carbocycles. The Morgan fingerprint density at radius 1 is 1.50 bits per heavy atom. The smallest absolute Gasteiger partial charge is 0.252 e. The van der Waals surface area contributed by atoms with Gasteiger partial charge in [0, 0.05) is 19.2 Å². The van der Waals surface area contributed by atoms with Crippen LogP contribution in [0, 0.1) is 6.92 Å². The lowest BCUT2D eigenvalue weighted by atomic mass is 10.2. The Hall–Kier alpha value is -1.55. The Kier molecular flexibility index (Phi) is 4.13. The molecular formula is C13H15N3O4S2. The number of nitrogens with one attached hydrogen (secondary N) is 1. The van der Waals surface area contributed by atoms with E-state index in [9.17, 15) is 13.2 Å². The van der Waals surface area contributed by atoms with Gasteiger partial charge in [-0.05, 0) is 18.4 Å². The molecule has 0 radical (unpaired) electrons. The molecule has 22 heavy (non-hydrogen) atoms. The van der Waals surface area contributed by atoms with Gasteiger partial charge in [-0.3, -0.25) is 4.79 Å². The minimum absolute atomic E-state index is 0.149. The van der Waals surface area contributed by atoms with Gasteiger partial charge >= 0.3 is 0 Å². The molecule has 2 aromatic heterocycles. The molecule has 118 valence electrons. The summed E-state index contributed by atoms with van der Waals surface area (Å²) in [5, 5.41) is 1.73. The normalized spacial score (nSPS) is 20.1. The molecule has 0 aliphatic carbocycles. The zero-order valence-corrected chi connectivity index (χ0v) is 13.5. The summed E-state index contributed by atoms with van der Waals surface area (Å²) in [6.07, 6.45) is -0.538. The van der Waals surface area contributed by atoms with E-state index in [-0.39, 0.29) is 18.7 Å². The van der Waals surface area contributed by atoms with Gasteiger partial charge in [0.05, 0.1) is 12.3 Å². The lowest BCUT2D eigenvalue weighted by molar-refractivity contribution is -0.00509. The molecule has 0 saturated carbocycles. The molecule has 0 spiro atoms. The van der Waals surface area contributed by atoms with E-state index < -0.39 is 16.1 Å². The van der Waals surface area contributed by atoms with E-state index in [2.05, 4.69) is 9.97 Å². The first kappa shape index (κ1) is 15.3. The topological polar surface area (TPSA) is 92.4 Å². The Balaban J connectivity index is 1.87. The number of sulfonamides is 1. The molecule has 1 unspecified atom stereocenters. The molecular weight excluding hydrogens is 326 g/mol. The summed E-state index contributed by atoms with van der Waals surface area (Å²) in [6.45, 7) is 2.38. The van der Waals surface area contributed by atoms with Crippen molar-refractivity contribution in [3.63, 3.8) is 0 Å². The first-order valence-corrected chi connectivity index (χ1v) is 9.02. The number of aromatic amines is 1. The van der Waals surface area contributed by atoms with Crippen molar-refractivity contribution in [3.05, 3.63) is 45.5 Å². The lowest BCUT2D eigenvalue weighted by Gasteiger charge is -2.31. The average molecular weight is 341 g/mol. The predicted octanol–water partition coefficient (Wildman–Crippen LogP) is 0.902. The highest BCUT2D eigenvalue weighted by Gasteiger charge is 2.32. The third-order valence-corrected chi connectivity index (χ3v) is 6.57. The van der Waals surface area contributed by atoms with E-state index >= 15 is 0 Å². The number of nitrogens with zero attached hydrogens (tertiary/aromatic N) is 2. The summed E-state index contributed by atoms with van der Waals surface area (Å²) in [6, 6.07) is 4.64. The molecule has 1 N–H and O–H groups in total. The van der Waals surface area contributed by atoms with Crippen LogP contribution >= 0.6 is 11.3 Å². The van der Waals surface area contributed by atoms with Crippen LogP contribution in [0.5, 0.6) is 0 Å². The molecule has 3 rings (SSSR count). The maximum Gasteiger partial charge on any atom is 0.252 e. The minimum atomic E-state index is -3.52. The maximum atomic E-state index is 12.6. The number of H-pyrrole nitrogens is 1. The number of rotatable bonds is 3. The van der Waals surface area contributed by atoms with Gasteiger partial charge in [0.25, 0.3) is 15.6 Å². The van der Waals surface area contributed by atoms with E-state index in [0.717, 1.165) is 0 Å². The van der Waals surface area contributed by atoms with Gasteiger partial charge < -0.3 is 9.72 Å². The number of thiophene rings is 1. The second kappa shape index (κ2) is 5.92. The molecule has 7 nitrogen and oxygen atoms in total. The van der Waals surface area contributed by atoms with Crippen LogP contribution in [0.25, 0.3) is 0 Å².